The maximum absolute atomic E-state index is 12.9. The van der Waals surface area contributed by atoms with Gasteiger partial charge in [-0.3, -0.25) is 9.48 Å². The van der Waals surface area contributed by atoms with Gasteiger partial charge < -0.3 is 15.0 Å². The molecule has 4 rings (SSSR count). The minimum atomic E-state index is -0.453. The van der Waals surface area contributed by atoms with Crippen molar-refractivity contribution < 1.29 is 14.3 Å². The van der Waals surface area contributed by atoms with Crippen molar-refractivity contribution in [1.29, 1.82) is 0 Å². The zero-order valence-corrected chi connectivity index (χ0v) is 20.3. The molecule has 2 aliphatic rings. The summed E-state index contributed by atoms with van der Waals surface area (Å²) in [6.45, 7) is 7.96. The highest BCUT2D eigenvalue weighted by Gasteiger charge is 2.47. The number of benzene rings is 1. The molecule has 1 aromatic heterocycles. The molecule has 1 saturated heterocycles. The molecule has 0 atom stereocenters. The molecule has 1 N–H and O–H groups in total. The fourth-order valence-electron chi connectivity index (χ4n) is 5.01. The van der Waals surface area contributed by atoms with E-state index in [1.807, 2.05) is 50.9 Å². The molecule has 0 unspecified atom stereocenters. The van der Waals surface area contributed by atoms with E-state index < -0.39 is 5.60 Å². The van der Waals surface area contributed by atoms with Crippen molar-refractivity contribution in [3.8, 4) is 0 Å². The Balaban J connectivity index is 1.24. The quantitative estimate of drug-likeness (QED) is 0.739. The van der Waals surface area contributed by atoms with Gasteiger partial charge in [0.25, 0.3) is 5.91 Å². The van der Waals surface area contributed by atoms with E-state index in [1.165, 1.54) is 0 Å². The fourth-order valence-corrected chi connectivity index (χ4v) is 5.01. The molecule has 7 heteroatoms. The summed E-state index contributed by atoms with van der Waals surface area (Å²) in [5, 5.41) is 7.47. The van der Waals surface area contributed by atoms with Crippen LogP contribution in [0.2, 0.25) is 0 Å². The third-order valence-electron chi connectivity index (χ3n) is 6.94. The van der Waals surface area contributed by atoms with Gasteiger partial charge in [0.1, 0.15) is 5.60 Å². The van der Waals surface area contributed by atoms with E-state index >= 15 is 0 Å². The first kappa shape index (κ1) is 23.3. The number of nitrogens with zero attached hydrogens (tertiary/aromatic N) is 3. The molecule has 2 heterocycles. The highest BCUT2D eigenvalue weighted by molar-refractivity contribution is 5.95. The third kappa shape index (κ3) is 5.57. The number of amides is 2. The number of carbonyl (C=O) groups excluding carboxylic acids is 2. The maximum atomic E-state index is 12.9. The van der Waals surface area contributed by atoms with Gasteiger partial charge in [-0.05, 0) is 57.9 Å². The Bertz CT molecular complexity index is 977. The molecule has 178 valence electrons. The summed E-state index contributed by atoms with van der Waals surface area (Å²) in [7, 11) is 1.88. The molecular weight excluding hydrogens is 416 g/mol. The Morgan fingerprint density at radius 2 is 1.82 bits per heavy atom. The molecule has 2 fully saturated rings. The number of ether oxygens (including phenoxy) is 1. The zero-order valence-electron chi connectivity index (χ0n) is 20.3. The normalized spacial score (nSPS) is 18.1. The average Bonchev–Trinajstić information content (AvgIpc) is 3.10. The first-order valence-electron chi connectivity index (χ1n) is 12.0. The van der Waals surface area contributed by atoms with E-state index in [1.54, 1.807) is 10.9 Å². The van der Waals surface area contributed by atoms with Gasteiger partial charge in [-0.25, -0.2) is 4.79 Å². The summed E-state index contributed by atoms with van der Waals surface area (Å²) in [4.78, 5) is 27.0. The summed E-state index contributed by atoms with van der Waals surface area (Å²) in [6, 6.07) is 10.1. The lowest BCUT2D eigenvalue weighted by Gasteiger charge is -2.53. The minimum Gasteiger partial charge on any atom is -0.444 e. The van der Waals surface area contributed by atoms with Crippen LogP contribution < -0.4 is 5.32 Å². The smallest absolute Gasteiger partial charge is 0.410 e. The van der Waals surface area contributed by atoms with E-state index in [4.69, 9.17) is 4.74 Å². The molecule has 2 amide bonds. The first-order chi connectivity index (χ1) is 15.6. The molecule has 1 aliphatic carbocycles. The molecular formula is C26H36N4O3. The second-order valence-corrected chi connectivity index (χ2v) is 10.8. The minimum absolute atomic E-state index is 0.0472. The van der Waals surface area contributed by atoms with Gasteiger partial charge in [0.05, 0.1) is 17.5 Å². The van der Waals surface area contributed by atoms with Crippen LogP contribution >= 0.6 is 0 Å². The Morgan fingerprint density at radius 3 is 2.45 bits per heavy atom. The van der Waals surface area contributed by atoms with Crippen LogP contribution in [0.3, 0.4) is 0 Å². The van der Waals surface area contributed by atoms with Gasteiger partial charge in [0, 0.05) is 38.5 Å². The van der Waals surface area contributed by atoms with Crippen LogP contribution in [-0.2, 0) is 18.2 Å². The third-order valence-corrected chi connectivity index (χ3v) is 6.94. The Kier molecular flexibility index (Phi) is 6.50. The first-order valence-corrected chi connectivity index (χ1v) is 12.0. The Labute approximate surface area is 196 Å². The predicted octanol–water partition coefficient (Wildman–Crippen LogP) is 4.17. The van der Waals surface area contributed by atoms with Crippen molar-refractivity contribution in [1.82, 2.24) is 20.0 Å². The number of hydrogen-bond donors (Lipinski definition) is 1. The summed E-state index contributed by atoms with van der Waals surface area (Å²) < 4.78 is 7.28. The molecule has 1 aliphatic heterocycles. The van der Waals surface area contributed by atoms with Crippen LogP contribution in [0.4, 0.5) is 4.79 Å². The summed E-state index contributed by atoms with van der Waals surface area (Å²) >= 11 is 0. The topological polar surface area (TPSA) is 76.5 Å². The number of hydrogen-bond acceptors (Lipinski definition) is 4. The van der Waals surface area contributed by atoms with Crippen LogP contribution in [0.1, 0.15) is 68.1 Å². The molecule has 7 nitrogen and oxygen atoms in total. The van der Waals surface area contributed by atoms with Crippen molar-refractivity contribution in [2.75, 3.05) is 19.6 Å². The number of carbonyl (C=O) groups is 2. The fraction of sp³-hybridized carbons (Fsp3) is 0.577. The van der Waals surface area contributed by atoms with E-state index in [0.717, 1.165) is 50.0 Å². The van der Waals surface area contributed by atoms with Crippen molar-refractivity contribution >= 4 is 12.0 Å². The van der Waals surface area contributed by atoms with Gasteiger partial charge in [-0.1, -0.05) is 30.3 Å². The second kappa shape index (κ2) is 9.20. The Morgan fingerprint density at radius 1 is 1.15 bits per heavy atom. The Hall–Kier alpha value is -2.83. The monoisotopic (exact) mass is 452 g/mol. The lowest BCUT2D eigenvalue weighted by molar-refractivity contribution is -0.0541. The second-order valence-electron chi connectivity index (χ2n) is 10.8. The molecule has 0 radical (unpaired) electrons. The summed E-state index contributed by atoms with van der Waals surface area (Å²) in [5.41, 5.74) is 2.53. The van der Waals surface area contributed by atoms with Crippen LogP contribution in [0.25, 0.3) is 0 Å². The molecule has 1 aromatic carbocycles. The summed E-state index contributed by atoms with van der Waals surface area (Å²) in [6.07, 6.45) is 6.49. The molecule has 1 spiro atoms. The summed E-state index contributed by atoms with van der Waals surface area (Å²) in [5.74, 6) is 0.429. The van der Waals surface area contributed by atoms with Crippen LogP contribution in [0.15, 0.2) is 36.5 Å². The molecule has 0 bridgehead atoms. The van der Waals surface area contributed by atoms with Crippen molar-refractivity contribution in [3.05, 3.63) is 53.3 Å². The van der Waals surface area contributed by atoms with Gasteiger partial charge in [0.2, 0.25) is 0 Å². The average molecular weight is 453 g/mol. The molecule has 1 saturated carbocycles. The lowest BCUT2D eigenvalue weighted by atomic mass is 9.66. The highest BCUT2D eigenvalue weighted by Crippen LogP contribution is 2.45. The zero-order chi connectivity index (χ0) is 23.6. The van der Waals surface area contributed by atoms with E-state index in [2.05, 4.69) is 22.5 Å². The molecule has 33 heavy (non-hydrogen) atoms. The van der Waals surface area contributed by atoms with Crippen LogP contribution in [0.5, 0.6) is 0 Å². The maximum Gasteiger partial charge on any atom is 0.410 e. The van der Waals surface area contributed by atoms with E-state index in [9.17, 15) is 9.59 Å². The van der Waals surface area contributed by atoms with Crippen molar-refractivity contribution in [2.45, 2.75) is 58.5 Å². The van der Waals surface area contributed by atoms with Gasteiger partial charge >= 0.3 is 6.09 Å². The van der Waals surface area contributed by atoms with Crippen LogP contribution in [0, 0.1) is 11.3 Å². The number of nitrogens with one attached hydrogen (secondary N) is 1. The number of rotatable bonds is 5. The van der Waals surface area contributed by atoms with E-state index in [-0.39, 0.29) is 17.4 Å². The number of likely N-dealkylation sites (tertiary alicyclic amines) is 1. The predicted molar refractivity (Wildman–Crippen MR) is 127 cm³/mol. The lowest BCUT2D eigenvalue weighted by Crippen LogP contribution is -2.60. The van der Waals surface area contributed by atoms with Gasteiger partial charge in [0.15, 0.2) is 0 Å². The van der Waals surface area contributed by atoms with Gasteiger partial charge in [-0.15, -0.1) is 0 Å². The van der Waals surface area contributed by atoms with E-state index in [0.29, 0.717) is 24.4 Å². The number of aryl methyl sites for hydroxylation is 1. The largest absolute Gasteiger partial charge is 0.444 e. The standard InChI is InChI=1S/C26H36N4O3/c1-25(2,3)33-24(32)30-17-26(18-30)12-10-20(11-13-26)15-27-23(31)21-16-28-29(4)22(21)14-19-8-6-5-7-9-19/h5-9,16,20H,10-15,17-18H2,1-4H3,(H,27,31). The van der Waals surface area contributed by atoms with Gasteiger partial charge in [-0.2, -0.15) is 5.10 Å². The SMILES string of the molecule is Cn1ncc(C(=O)NCC2CCC3(CC2)CN(C(=O)OC(C)(C)C)C3)c1Cc1ccccc1. The molecule has 2 aromatic rings. The highest BCUT2D eigenvalue weighted by atomic mass is 16.6. The van der Waals surface area contributed by atoms with Crippen molar-refractivity contribution in [3.63, 3.8) is 0 Å². The number of aromatic nitrogens is 2. The van der Waals surface area contributed by atoms with Crippen molar-refractivity contribution in [2.24, 2.45) is 18.4 Å². The van der Waals surface area contributed by atoms with Crippen LogP contribution in [-0.4, -0.2) is 51.9 Å².